The molecule has 0 aliphatic carbocycles. The summed E-state index contributed by atoms with van der Waals surface area (Å²) in [6.07, 6.45) is 3.32. The number of ether oxygens (including phenoxy) is 1. The summed E-state index contributed by atoms with van der Waals surface area (Å²) in [4.78, 5) is 4.23. The fourth-order valence-corrected chi connectivity index (χ4v) is 3.55. The van der Waals surface area contributed by atoms with Crippen LogP contribution >= 0.6 is 31.9 Å². The van der Waals surface area contributed by atoms with Gasteiger partial charge in [0.25, 0.3) is 0 Å². The molecule has 0 fully saturated rings. The second-order valence-corrected chi connectivity index (χ2v) is 7.58. The number of rotatable bonds is 4. The molecule has 0 saturated heterocycles. The van der Waals surface area contributed by atoms with Gasteiger partial charge in [-0.2, -0.15) is 18.9 Å². The van der Waals surface area contributed by atoms with E-state index in [1.807, 2.05) is 30.3 Å². The van der Waals surface area contributed by atoms with E-state index in [2.05, 4.69) is 47.3 Å². The zero-order chi connectivity index (χ0) is 19.0. The Morgan fingerprint density at radius 2 is 1.81 bits per heavy atom. The molecular formula is C18H12Br2F2N4O. The number of aromatic nitrogens is 3. The lowest BCUT2D eigenvalue weighted by Crippen LogP contribution is -2.21. The SMILES string of the molecule is FC(F)Oc1ccc(Br)cc1[C@H]1C=C(c2ccc(Br)cc2)Nc2ncnn21. The first-order valence-corrected chi connectivity index (χ1v) is 9.48. The van der Waals surface area contributed by atoms with Crippen molar-refractivity contribution in [1.29, 1.82) is 0 Å². The number of nitrogens with one attached hydrogen (secondary N) is 1. The van der Waals surface area contributed by atoms with E-state index in [1.165, 1.54) is 12.4 Å². The highest BCUT2D eigenvalue weighted by atomic mass is 79.9. The molecule has 1 N–H and O–H groups in total. The second-order valence-electron chi connectivity index (χ2n) is 5.75. The van der Waals surface area contributed by atoms with E-state index in [4.69, 9.17) is 4.74 Å². The fourth-order valence-electron chi connectivity index (χ4n) is 2.91. The molecule has 5 nitrogen and oxygen atoms in total. The third-order valence-electron chi connectivity index (χ3n) is 4.07. The van der Waals surface area contributed by atoms with Crippen LogP contribution < -0.4 is 10.1 Å². The number of nitrogens with zero attached hydrogens (tertiary/aromatic N) is 3. The molecule has 0 radical (unpaired) electrons. The van der Waals surface area contributed by atoms with Gasteiger partial charge in [-0.05, 0) is 42.0 Å². The quantitative estimate of drug-likeness (QED) is 0.520. The van der Waals surface area contributed by atoms with Crippen molar-refractivity contribution in [3.8, 4) is 5.75 Å². The van der Waals surface area contributed by atoms with Crippen LogP contribution in [0.25, 0.3) is 5.70 Å². The number of halogens is 4. The summed E-state index contributed by atoms with van der Waals surface area (Å²) in [5, 5.41) is 7.46. The number of benzene rings is 2. The molecule has 4 rings (SSSR count). The number of hydrogen-bond acceptors (Lipinski definition) is 4. The van der Waals surface area contributed by atoms with Crippen molar-refractivity contribution in [2.24, 2.45) is 0 Å². The van der Waals surface area contributed by atoms with Crippen molar-refractivity contribution in [2.75, 3.05) is 5.32 Å². The molecule has 1 aliphatic heterocycles. The molecule has 1 aromatic heterocycles. The molecule has 1 aliphatic rings. The molecule has 0 unspecified atom stereocenters. The van der Waals surface area contributed by atoms with Crippen LogP contribution in [0.2, 0.25) is 0 Å². The summed E-state index contributed by atoms with van der Waals surface area (Å²) in [5.41, 5.74) is 2.28. The summed E-state index contributed by atoms with van der Waals surface area (Å²) in [6.45, 7) is -2.92. The molecule has 3 aromatic rings. The fraction of sp³-hybridized carbons (Fsp3) is 0.111. The summed E-state index contributed by atoms with van der Waals surface area (Å²) in [5.74, 6) is 0.608. The average Bonchev–Trinajstić information content (AvgIpc) is 3.11. The summed E-state index contributed by atoms with van der Waals surface area (Å²) < 4.78 is 33.8. The molecule has 0 spiro atoms. The third-order valence-corrected chi connectivity index (χ3v) is 5.09. The van der Waals surface area contributed by atoms with E-state index in [0.29, 0.717) is 11.5 Å². The van der Waals surface area contributed by atoms with Crippen LogP contribution in [0.4, 0.5) is 14.7 Å². The predicted octanol–water partition coefficient (Wildman–Crippen LogP) is 5.46. The van der Waals surface area contributed by atoms with Gasteiger partial charge in [0.2, 0.25) is 5.95 Å². The van der Waals surface area contributed by atoms with Crippen molar-refractivity contribution in [2.45, 2.75) is 12.7 Å². The Bertz CT molecular complexity index is 1000. The highest BCUT2D eigenvalue weighted by molar-refractivity contribution is 9.10. The second kappa shape index (κ2) is 7.40. The van der Waals surface area contributed by atoms with Gasteiger partial charge in [0.05, 0.1) is 0 Å². The van der Waals surface area contributed by atoms with Crippen molar-refractivity contribution >= 4 is 43.5 Å². The molecule has 2 aromatic carbocycles. The van der Waals surface area contributed by atoms with Gasteiger partial charge < -0.3 is 10.1 Å². The average molecular weight is 498 g/mol. The number of anilines is 1. The van der Waals surface area contributed by atoms with Gasteiger partial charge >= 0.3 is 6.61 Å². The van der Waals surface area contributed by atoms with Crippen molar-refractivity contribution < 1.29 is 13.5 Å². The van der Waals surface area contributed by atoms with Gasteiger partial charge in [0.1, 0.15) is 18.1 Å². The van der Waals surface area contributed by atoms with Crippen molar-refractivity contribution in [3.63, 3.8) is 0 Å². The summed E-state index contributed by atoms with van der Waals surface area (Å²) in [7, 11) is 0. The lowest BCUT2D eigenvalue weighted by molar-refractivity contribution is -0.0506. The van der Waals surface area contributed by atoms with Crippen LogP contribution in [0.5, 0.6) is 5.75 Å². The smallest absolute Gasteiger partial charge is 0.387 e. The van der Waals surface area contributed by atoms with E-state index in [-0.39, 0.29) is 5.75 Å². The van der Waals surface area contributed by atoms with Crippen molar-refractivity contribution in [1.82, 2.24) is 14.8 Å². The standard InChI is InChI=1S/C18H12Br2F2N4O/c19-11-3-1-10(2-4-11)14-8-15(26-18(25-14)23-9-24-26)13-7-12(20)5-6-16(13)27-17(21)22/h1-9,15,17H,(H,23,24,25)/t15-/m1/s1. The first-order chi connectivity index (χ1) is 13.0. The molecule has 2 heterocycles. The van der Waals surface area contributed by atoms with E-state index >= 15 is 0 Å². The molecular weight excluding hydrogens is 486 g/mol. The van der Waals surface area contributed by atoms with Gasteiger partial charge in [-0.1, -0.05) is 44.0 Å². The zero-order valence-electron chi connectivity index (χ0n) is 13.6. The Kier molecular flexibility index (Phi) is 4.96. The van der Waals surface area contributed by atoms with Gasteiger partial charge in [0, 0.05) is 20.2 Å². The Morgan fingerprint density at radius 3 is 2.56 bits per heavy atom. The van der Waals surface area contributed by atoms with Crippen molar-refractivity contribution in [3.05, 3.63) is 74.9 Å². The van der Waals surface area contributed by atoms with Crippen LogP contribution in [0, 0.1) is 0 Å². The topological polar surface area (TPSA) is 52.0 Å². The number of hydrogen-bond donors (Lipinski definition) is 1. The molecule has 0 amide bonds. The lowest BCUT2D eigenvalue weighted by Gasteiger charge is -2.26. The minimum atomic E-state index is -2.92. The number of allylic oxidation sites excluding steroid dienone is 1. The first kappa shape index (κ1) is 18.1. The van der Waals surface area contributed by atoms with E-state index in [1.54, 1.807) is 16.8 Å². The minimum absolute atomic E-state index is 0.0907. The van der Waals surface area contributed by atoms with Gasteiger partial charge in [-0.25, -0.2) is 4.68 Å². The maximum absolute atomic E-state index is 12.9. The Morgan fingerprint density at radius 1 is 1.07 bits per heavy atom. The monoisotopic (exact) mass is 496 g/mol. The van der Waals surface area contributed by atoms with Gasteiger partial charge in [-0.15, -0.1) is 0 Å². The molecule has 0 saturated carbocycles. The van der Waals surface area contributed by atoms with Crippen LogP contribution in [-0.4, -0.2) is 21.4 Å². The van der Waals surface area contributed by atoms with Crippen LogP contribution in [0.3, 0.4) is 0 Å². The molecule has 27 heavy (non-hydrogen) atoms. The zero-order valence-corrected chi connectivity index (χ0v) is 16.8. The van der Waals surface area contributed by atoms with E-state index in [0.717, 1.165) is 20.2 Å². The Hall–Kier alpha value is -2.26. The van der Waals surface area contributed by atoms with Gasteiger partial charge in [-0.3, -0.25) is 0 Å². The van der Waals surface area contributed by atoms with Crippen LogP contribution in [-0.2, 0) is 0 Å². The summed E-state index contributed by atoms with van der Waals surface area (Å²) >= 11 is 6.82. The third kappa shape index (κ3) is 3.74. The normalized spacial score (nSPS) is 15.9. The number of fused-ring (bicyclic) bond motifs is 1. The first-order valence-electron chi connectivity index (χ1n) is 7.90. The molecule has 0 bridgehead atoms. The van der Waals surface area contributed by atoms with Crippen LogP contribution in [0.15, 0.2) is 63.8 Å². The predicted molar refractivity (Wildman–Crippen MR) is 105 cm³/mol. The van der Waals surface area contributed by atoms with E-state index in [9.17, 15) is 8.78 Å². The highest BCUT2D eigenvalue weighted by Crippen LogP contribution is 2.38. The van der Waals surface area contributed by atoms with E-state index < -0.39 is 12.7 Å². The maximum Gasteiger partial charge on any atom is 0.387 e. The number of alkyl halides is 2. The minimum Gasteiger partial charge on any atom is -0.434 e. The van der Waals surface area contributed by atoms with Gasteiger partial charge in [0.15, 0.2) is 0 Å². The molecule has 9 heteroatoms. The largest absolute Gasteiger partial charge is 0.434 e. The Balaban J connectivity index is 1.83. The highest BCUT2D eigenvalue weighted by Gasteiger charge is 2.27. The molecule has 1 atom stereocenters. The molecule has 138 valence electrons. The lowest BCUT2D eigenvalue weighted by atomic mass is 10.0. The Labute approximate surface area is 170 Å². The summed E-state index contributed by atoms with van der Waals surface area (Å²) in [6, 6.07) is 12.2. The van der Waals surface area contributed by atoms with Crippen LogP contribution in [0.1, 0.15) is 17.2 Å². The maximum atomic E-state index is 12.9.